The van der Waals surface area contributed by atoms with Gasteiger partial charge in [-0.05, 0) is 56.1 Å². The van der Waals surface area contributed by atoms with E-state index in [1.165, 1.54) is 28.2 Å². The first-order valence-corrected chi connectivity index (χ1v) is 6.96. The van der Waals surface area contributed by atoms with E-state index in [0.717, 1.165) is 6.42 Å². The van der Waals surface area contributed by atoms with Crippen LogP contribution in [0.5, 0.6) is 0 Å². The number of benzene rings is 1. The number of hydrogen-bond acceptors (Lipinski definition) is 2. The molecule has 0 atom stereocenters. The molecule has 1 N–H and O–H groups in total. The summed E-state index contributed by atoms with van der Waals surface area (Å²) in [6, 6.07) is 6.27. The van der Waals surface area contributed by atoms with Crippen LogP contribution in [0.1, 0.15) is 31.4 Å². The van der Waals surface area contributed by atoms with Gasteiger partial charge in [0, 0.05) is 4.90 Å². The van der Waals surface area contributed by atoms with Gasteiger partial charge >= 0.3 is 5.97 Å². The Labute approximate surface area is 106 Å². The number of rotatable bonds is 3. The lowest BCUT2D eigenvalue weighted by atomic mass is 9.83. The average Bonchev–Trinajstić information content (AvgIpc) is 2.29. The van der Waals surface area contributed by atoms with Crippen molar-refractivity contribution in [3.8, 4) is 0 Å². The first-order chi connectivity index (χ1) is 8.00. The second-order valence-corrected chi connectivity index (χ2v) is 6.35. The van der Waals surface area contributed by atoms with Crippen LogP contribution in [0.4, 0.5) is 0 Å². The number of aliphatic carboxylic acids is 1. The van der Waals surface area contributed by atoms with Gasteiger partial charge in [0.2, 0.25) is 0 Å². The van der Waals surface area contributed by atoms with Gasteiger partial charge in [0.1, 0.15) is 0 Å². The Morgan fingerprint density at radius 3 is 2.94 bits per heavy atom. The molecule has 1 aliphatic heterocycles. The van der Waals surface area contributed by atoms with Crippen LogP contribution in [0.25, 0.3) is 0 Å². The van der Waals surface area contributed by atoms with Gasteiger partial charge in [0.15, 0.2) is 0 Å². The zero-order chi connectivity index (χ0) is 12.5. The maximum absolute atomic E-state index is 11.2. The summed E-state index contributed by atoms with van der Waals surface area (Å²) in [6.07, 6.45) is 2.91. The molecule has 1 heterocycles. The molecule has 0 spiro atoms. The smallest absolute Gasteiger partial charge is 0.309 e. The predicted octanol–water partition coefficient (Wildman–Crippen LogP) is 3.38. The van der Waals surface area contributed by atoms with Gasteiger partial charge in [0.25, 0.3) is 0 Å². The third-order valence-electron chi connectivity index (χ3n) is 3.27. The van der Waals surface area contributed by atoms with Crippen LogP contribution in [-0.2, 0) is 17.6 Å². The molecule has 1 aliphatic rings. The van der Waals surface area contributed by atoms with Crippen molar-refractivity contribution in [1.82, 2.24) is 0 Å². The van der Waals surface area contributed by atoms with Crippen molar-refractivity contribution in [2.24, 2.45) is 5.41 Å². The molecule has 0 aliphatic carbocycles. The largest absolute Gasteiger partial charge is 0.481 e. The molecule has 2 rings (SSSR count). The lowest BCUT2D eigenvalue weighted by molar-refractivity contribution is -0.146. The van der Waals surface area contributed by atoms with E-state index < -0.39 is 11.4 Å². The molecular formula is C14H18O2S. The molecule has 0 fully saturated rings. The molecular weight excluding hydrogens is 232 g/mol. The normalized spacial score (nSPS) is 15.4. The summed E-state index contributed by atoms with van der Waals surface area (Å²) < 4.78 is 0. The SMILES string of the molecule is CC(C)(Cc1cccc2c1CCCS2)C(=O)O. The summed E-state index contributed by atoms with van der Waals surface area (Å²) in [5.74, 6) is 0.456. The Balaban J connectivity index is 2.30. The number of carboxylic acids is 1. The van der Waals surface area contributed by atoms with E-state index in [9.17, 15) is 9.90 Å². The van der Waals surface area contributed by atoms with Gasteiger partial charge in [-0.25, -0.2) is 0 Å². The molecule has 0 radical (unpaired) electrons. The monoisotopic (exact) mass is 250 g/mol. The van der Waals surface area contributed by atoms with Gasteiger partial charge in [-0.2, -0.15) is 0 Å². The molecule has 1 aromatic rings. The second kappa shape index (κ2) is 4.73. The minimum atomic E-state index is -0.724. The summed E-state index contributed by atoms with van der Waals surface area (Å²) >= 11 is 1.89. The minimum Gasteiger partial charge on any atom is -0.481 e. The Morgan fingerprint density at radius 1 is 1.47 bits per heavy atom. The molecule has 1 aromatic carbocycles. The minimum absolute atomic E-state index is 0.617. The Bertz CT molecular complexity index is 438. The summed E-state index contributed by atoms with van der Waals surface area (Å²) in [4.78, 5) is 12.5. The highest BCUT2D eigenvalue weighted by Gasteiger charge is 2.29. The molecule has 0 unspecified atom stereocenters. The Morgan fingerprint density at radius 2 is 2.24 bits per heavy atom. The standard InChI is InChI=1S/C14H18O2S/c1-14(2,13(15)16)9-10-5-3-7-12-11(10)6-4-8-17-12/h3,5,7H,4,6,8-9H2,1-2H3,(H,15,16). The van der Waals surface area contributed by atoms with Gasteiger partial charge in [0.05, 0.1) is 5.41 Å². The van der Waals surface area contributed by atoms with E-state index in [-0.39, 0.29) is 0 Å². The molecule has 92 valence electrons. The molecule has 0 amide bonds. The number of hydrogen-bond donors (Lipinski definition) is 1. The third-order valence-corrected chi connectivity index (χ3v) is 4.46. The summed E-state index contributed by atoms with van der Waals surface area (Å²) in [6.45, 7) is 3.59. The van der Waals surface area contributed by atoms with Crippen molar-refractivity contribution in [2.75, 3.05) is 5.75 Å². The highest BCUT2D eigenvalue weighted by molar-refractivity contribution is 7.99. The van der Waals surface area contributed by atoms with E-state index in [1.807, 2.05) is 17.8 Å². The predicted molar refractivity (Wildman–Crippen MR) is 70.6 cm³/mol. The molecule has 17 heavy (non-hydrogen) atoms. The quantitative estimate of drug-likeness (QED) is 0.893. The molecule has 3 heteroatoms. The number of fused-ring (bicyclic) bond motifs is 1. The Kier molecular flexibility index (Phi) is 3.48. The zero-order valence-corrected chi connectivity index (χ0v) is 11.1. The molecule has 0 saturated carbocycles. The molecule has 0 bridgehead atoms. The van der Waals surface area contributed by atoms with Crippen LogP contribution in [0, 0.1) is 5.41 Å². The fraction of sp³-hybridized carbons (Fsp3) is 0.500. The highest BCUT2D eigenvalue weighted by atomic mass is 32.2. The first-order valence-electron chi connectivity index (χ1n) is 5.98. The van der Waals surface area contributed by atoms with Crippen LogP contribution in [-0.4, -0.2) is 16.8 Å². The van der Waals surface area contributed by atoms with Crippen LogP contribution < -0.4 is 0 Å². The third kappa shape index (κ3) is 2.65. The van der Waals surface area contributed by atoms with E-state index >= 15 is 0 Å². The van der Waals surface area contributed by atoms with Crippen molar-refractivity contribution in [3.63, 3.8) is 0 Å². The van der Waals surface area contributed by atoms with Crippen LogP contribution in [0.2, 0.25) is 0 Å². The van der Waals surface area contributed by atoms with Crippen molar-refractivity contribution in [3.05, 3.63) is 29.3 Å². The molecule has 2 nitrogen and oxygen atoms in total. The second-order valence-electron chi connectivity index (χ2n) is 5.21. The van der Waals surface area contributed by atoms with E-state index in [2.05, 4.69) is 12.1 Å². The highest BCUT2D eigenvalue weighted by Crippen LogP contribution is 2.34. The lowest BCUT2D eigenvalue weighted by Crippen LogP contribution is -2.27. The molecule has 0 aromatic heterocycles. The number of thioether (sulfide) groups is 1. The van der Waals surface area contributed by atoms with Gasteiger partial charge in [-0.1, -0.05) is 12.1 Å². The fourth-order valence-electron chi connectivity index (χ4n) is 2.18. The summed E-state index contributed by atoms with van der Waals surface area (Å²) in [7, 11) is 0. The Hall–Kier alpha value is -0.960. The van der Waals surface area contributed by atoms with Crippen molar-refractivity contribution in [2.45, 2.75) is 38.0 Å². The van der Waals surface area contributed by atoms with E-state index in [0.29, 0.717) is 6.42 Å². The summed E-state index contributed by atoms with van der Waals surface area (Å²) in [5.41, 5.74) is 1.90. The van der Waals surface area contributed by atoms with Crippen LogP contribution in [0.15, 0.2) is 23.1 Å². The first kappa shape index (κ1) is 12.5. The van der Waals surface area contributed by atoms with Gasteiger partial charge in [-0.3, -0.25) is 4.79 Å². The van der Waals surface area contributed by atoms with Crippen molar-refractivity contribution >= 4 is 17.7 Å². The zero-order valence-electron chi connectivity index (χ0n) is 10.3. The van der Waals surface area contributed by atoms with Crippen LogP contribution >= 0.6 is 11.8 Å². The summed E-state index contributed by atoms with van der Waals surface area (Å²) in [5, 5.41) is 9.20. The van der Waals surface area contributed by atoms with Gasteiger partial charge < -0.3 is 5.11 Å². The average molecular weight is 250 g/mol. The number of carboxylic acid groups (broad SMARTS) is 1. The van der Waals surface area contributed by atoms with Crippen molar-refractivity contribution < 1.29 is 9.90 Å². The topological polar surface area (TPSA) is 37.3 Å². The maximum atomic E-state index is 11.2. The van der Waals surface area contributed by atoms with Gasteiger partial charge in [-0.15, -0.1) is 11.8 Å². The van der Waals surface area contributed by atoms with Crippen molar-refractivity contribution in [1.29, 1.82) is 0 Å². The fourth-order valence-corrected chi connectivity index (χ4v) is 3.27. The lowest BCUT2D eigenvalue weighted by Gasteiger charge is -2.24. The molecule has 0 saturated heterocycles. The van der Waals surface area contributed by atoms with E-state index in [4.69, 9.17) is 0 Å². The van der Waals surface area contributed by atoms with E-state index in [1.54, 1.807) is 13.8 Å². The number of carbonyl (C=O) groups is 1. The maximum Gasteiger partial charge on any atom is 0.309 e. The van der Waals surface area contributed by atoms with Crippen LogP contribution in [0.3, 0.4) is 0 Å².